The molecule has 2 rings (SSSR count). The Labute approximate surface area is 103 Å². The summed E-state index contributed by atoms with van der Waals surface area (Å²) >= 11 is 0. The average Bonchev–Trinajstić information content (AvgIpc) is 2.28. The molecule has 0 bridgehead atoms. The van der Waals surface area contributed by atoms with E-state index in [9.17, 15) is 0 Å². The normalized spacial score (nSPS) is 24.6. The lowest BCUT2D eigenvalue weighted by atomic mass is 9.92. The SMILES string of the molecule is CNC1CCCCC1Oc1cc(C)nc(C)n1. The number of aromatic nitrogens is 2. The molecular formula is C13H21N3O. The van der Waals surface area contributed by atoms with Crippen LogP contribution in [-0.2, 0) is 0 Å². The third-order valence-electron chi connectivity index (χ3n) is 3.29. The summed E-state index contributed by atoms with van der Waals surface area (Å²) in [6.07, 6.45) is 5.05. The molecule has 1 heterocycles. The maximum atomic E-state index is 6.01. The highest BCUT2D eigenvalue weighted by Gasteiger charge is 2.25. The highest BCUT2D eigenvalue weighted by Crippen LogP contribution is 2.23. The van der Waals surface area contributed by atoms with E-state index >= 15 is 0 Å². The van der Waals surface area contributed by atoms with Crippen molar-refractivity contribution in [2.75, 3.05) is 7.05 Å². The van der Waals surface area contributed by atoms with Gasteiger partial charge in [-0.2, -0.15) is 4.98 Å². The van der Waals surface area contributed by atoms with E-state index in [-0.39, 0.29) is 6.10 Å². The lowest BCUT2D eigenvalue weighted by molar-refractivity contribution is 0.112. The maximum Gasteiger partial charge on any atom is 0.217 e. The second-order valence-corrected chi connectivity index (χ2v) is 4.73. The first-order valence-electron chi connectivity index (χ1n) is 6.35. The van der Waals surface area contributed by atoms with E-state index in [0.29, 0.717) is 11.9 Å². The first kappa shape index (κ1) is 12.3. The molecule has 0 saturated heterocycles. The second kappa shape index (κ2) is 5.45. The molecule has 4 heteroatoms. The van der Waals surface area contributed by atoms with Crippen molar-refractivity contribution in [2.45, 2.75) is 51.7 Å². The number of aryl methyl sites for hydroxylation is 2. The number of hydrogen-bond donors (Lipinski definition) is 1. The van der Waals surface area contributed by atoms with Gasteiger partial charge in [0.25, 0.3) is 0 Å². The standard InChI is InChI=1S/C13H21N3O/c1-9-8-13(16-10(2)15-9)17-12-7-5-4-6-11(12)14-3/h8,11-12,14H,4-7H2,1-3H3. The lowest BCUT2D eigenvalue weighted by Gasteiger charge is -2.31. The zero-order chi connectivity index (χ0) is 12.3. The van der Waals surface area contributed by atoms with E-state index in [0.717, 1.165) is 17.9 Å². The molecule has 94 valence electrons. The molecule has 1 aliphatic carbocycles. The third kappa shape index (κ3) is 3.16. The molecule has 1 N–H and O–H groups in total. The van der Waals surface area contributed by atoms with Crippen molar-refractivity contribution in [1.82, 2.24) is 15.3 Å². The minimum absolute atomic E-state index is 0.238. The van der Waals surface area contributed by atoms with Crippen molar-refractivity contribution in [2.24, 2.45) is 0 Å². The van der Waals surface area contributed by atoms with Gasteiger partial charge >= 0.3 is 0 Å². The molecule has 17 heavy (non-hydrogen) atoms. The Bertz CT molecular complexity index is 361. The molecule has 2 atom stereocenters. The van der Waals surface area contributed by atoms with Crippen molar-refractivity contribution in [1.29, 1.82) is 0 Å². The molecule has 0 aromatic carbocycles. The van der Waals surface area contributed by atoms with Crippen molar-refractivity contribution >= 4 is 0 Å². The molecule has 1 aliphatic rings. The third-order valence-corrected chi connectivity index (χ3v) is 3.29. The molecule has 4 nitrogen and oxygen atoms in total. The van der Waals surface area contributed by atoms with Crippen LogP contribution >= 0.6 is 0 Å². The van der Waals surface area contributed by atoms with Gasteiger partial charge in [0.2, 0.25) is 5.88 Å². The van der Waals surface area contributed by atoms with E-state index in [1.807, 2.05) is 27.0 Å². The van der Waals surface area contributed by atoms with Crippen LogP contribution in [-0.4, -0.2) is 29.2 Å². The van der Waals surface area contributed by atoms with Gasteiger partial charge in [-0.3, -0.25) is 0 Å². The molecular weight excluding hydrogens is 214 g/mol. The van der Waals surface area contributed by atoms with Crippen molar-refractivity contribution in [3.63, 3.8) is 0 Å². The topological polar surface area (TPSA) is 47.0 Å². The van der Waals surface area contributed by atoms with Gasteiger partial charge in [0.1, 0.15) is 11.9 Å². The minimum Gasteiger partial charge on any atom is -0.473 e. The zero-order valence-corrected chi connectivity index (χ0v) is 10.9. The predicted molar refractivity (Wildman–Crippen MR) is 67.2 cm³/mol. The number of nitrogens with one attached hydrogen (secondary N) is 1. The average molecular weight is 235 g/mol. The van der Waals surface area contributed by atoms with Gasteiger partial charge in [0.05, 0.1) is 0 Å². The van der Waals surface area contributed by atoms with Crippen LogP contribution in [0.5, 0.6) is 5.88 Å². The van der Waals surface area contributed by atoms with Gasteiger partial charge in [-0.1, -0.05) is 6.42 Å². The van der Waals surface area contributed by atoms with Crippen LogP contribution in [0.1, 0.15) is 37.2 Å². The van der Waals surface area contributed by atoms with Crippen LogP contribution < -0.4 is 10.1 Å². The van der Waals surface area contributed by atoms with Crippen molar-refractivity contribution in [3.05, 3.63) is 17.6 Å². The summed E-state index contributed by atoms with van der Waals surface area (Å²) in [4.78, 5) is 8.60. The van der Waals surface area contributed by atoms with Crippen LogP contribution in [0.15, 0.2) is 6.07 Å². The number of ether oxygens (including phenoxy) is 1. The minimum atomic E-state index is 0.238. The zero-order valence-electron chi connectivity index (χ0n) is 10.9. The smallest absolute Gasteiger partial charge is 0.217 e. The molecule has 1 saturated carbocycles. The van der Waals surface area contributed by atoms with Crippen LogP contribution in [0.4, 0.5) is 0 Å². The van der Waals surface area contributed by atoms with Gasteiger partial charge in [-0.25, -0.2) is 4.98 Å². The molecule has 1 fully saturated rings. The number of hydrogen-bond acceptors (Lipinski definition) is 4. The lowest BCUT2D eigenvalue weighted by Crippen LogP contribution is -2.43. The fraction of sp³-hybridized carbons (Fsp3) is 0.692. The predicted octanol–water partition coefficient (Wildman–Crippen LogP) is 2.00. The Balaban J connectivity index is 2.08. The molecule has 1 aromatic rings. The summed E-state index contributed by atoms with van der Waals surface area (Å²) in [6.45, 7) is 3.87. The molecule has 0 aliphatic heterocycles. The molecule has 2 unspecified atom stereocenters. The van der Waals surface area contributed by atoms with Gasteiger partial charge in [0.15, 0.2) is 0 Å². The summed E-state index contributed by atoms with van der Waals surface area (Å²) in [6, 6.07) is 2.35. The molecule has 1 aromatic heterocycles. The summed E-state index contributed by atoms with van der Waals surface area (Å²) in [5, 5.41) is 3.34. The van der Waals surface area contributed by atoms with E-state index in [1.165, 1.54) is 19.3 Å². The van der Waals surface area contributed by atoms with E-state index in [4.69, 9.17) is 4.74 Å². The van der Waals surface area contributed by atoms with E-state index < -0.39 is 0 Å². The second-order valence-electron chi connectivity index (χ2n) is 4.73. The Morgan fingerprint density at radius 3 is 2.71 bits per heavy atom. The van der Waals surface area contributed by atoms with Crippen molar-refractivity contribution in [3.8, 4) is 5.88 Å². The van der Waals surface area contributed by atoms with Crippen LogP contribution in [0.3, 0.4) is 0 Å². The molecule has 0 amide bonds. The maximum absolute atomic E-state index is 6.01. The Kier molecular flexibility index (Phi) is 3.94. The molecule has 0 radical (unpaired) electrons. The monoisotopic (exact) mass is 235 g/mol. The van der Waals surface area contributed by atoms with Gasteiger partial charge in [0, 0.05) is 17.8 Å². The van der Waals surface area contributed by atoms with Crippen molar-refractivity contribution < 1.29 is 4.74 Å². The molecule has 0 spiro atoms. The number of nitrogens with zero attached hydrogens (tertiary/aromatic N) is 2. The Morgan fingerprint density at radius 2 is 2.00 bits per heavy atom. The number of likely N-dealkylation sites (N-methyl/N-ethyl adjacent to an activating group) is 1. The summed E-state index contributed by atoms with van der Waals surface area (Å²) < 4.78 is 6.01. The van der Waals surface area contributed by atoms with Crippen LogP contribution in [0.2, 0.25) is 0 Å². The fourth-order valence-corrected chi connectivity index (χ4v) is 2.47. The summed E-state index contributed by atoms with van der Waals surface area (Å²) in [5.74, 6) is 1.49. The van der Waals surface area contributed by atoms with E-state index in [2.05, 4.69) is 15.3 Å². The van der Waals surface area contributed by atoms with Gasteiger partial charge < -0.3 is 10.1 Å². The Hall–Kier alpha value is -1.16. The van der Waals surface area contributed by atoms with Gasteiger partial charge in [-0.15, -0.1) is 0 Å². The fourth-order valence-electron chi connectivity index (χ4n) is 2.47. The summed E-state index contributed by atoms with van der Waals surface area (Å²) in [5.41, 5.74) is 0.962. The first-order chi connectivity index (χ1) is 8.19. The van der Waals surface area contributed by atoms with Crippen LogP contribution in [0.25, 0.3) is 0 Å². The highest BCUT2D eigenvalue weighted by atomic mass is 16.5. The Morgan fingerprint density at radius 1 is 1.24 bits per heavy atom. The highest BCUT2D eigenvalue weighted by molar-refractivity contribution is 5.15. The van der Waals surface area contributed by atoms with E-state index in [1.54, 1.807) is 0 Å². The van der Waals surface area contributed by atoms with Gasteiger partial charge in [-0.05, 0) is 40.2 Å². The summed E-state index contributed by atoms with van der Waals surface area (Å²) in [7, 11) is 2.00. The largest absolute Gasteiger partial charge is 0.473 e. The number of rotatable bonds is 3. The van der Waals surface area contributed by atoms with Crippen LogP contribution in [0, 0.1) is 13.8 Å². The first-order valence-corrected chi connectivity index (χ1v) is 6.35. The quantitative estimate of drug-likeness (QED) is 0.870.